The summed E-state index contributed by atoms with van der Waals surface area (Å²) in [5, 5.41) is 10.8. The van der Waals surface area contributed by atoms with E-state index in [2.05, 4.69) is 15.5 Å². The molecule has 0 bridgehead atoms. The molecule has 0 spiro atoms. The smallest absolute Gasteiger partial charge is 0.307 e. The fourth-order valence-electron chi connectivity index (χ4n) is 2.96. The summed E-state index contributed by atoms with van der Waals surface area (Å²) in [6, 6.07) is 14.2. The molecule has 1 unspecified atom stereocenters. The lowest BCUT2D eigenvalue weighted by Gasteiger charge is -2.18. The number of hydrogen-bond donors (Lipinski definition) is 1. The Morgan fingerprint density at radius 1 is 1.00 bits per heavy atom. The van der Waals surface area contributed by atoms with Gasteiger partial charge in [-0.05, 0) is 50.2 Å². The van der Waals surface area contributed by atoms with Crippen molar-refractivity contribution in [1.29, 1.82) is 0 Å². The quantitative estimate of drug-likeness (QED) is 0.378. The molecule has 8 nitrogen and oxygen atoms in total. The first-order chi connectivity index (χ1) is 16.0. The fraction of sp³-hybridized carbons (Fsp3) is 0.346. The Hall–Kier alpha value is -3.81. The van der Waals surface area contributed by atoms with Gasteiger partial charge >= 0.3 is 5.97 Å². The number of Topliss-reactive ketones (excluding diaryl/α,β-unsaturated/α-hetero) is 1. The van der Waals surface area contributed by atoms with Gasteiger partial charge in [-0.15, -0.1) is 10.2 Å². The van der Waals surface area contributed by atoms with Crippen molar-refractivity contribution in [2.45, 2.75) is 53.6 Å². The molecule has 34 heavy (non-hydrogen) atoms. The van der Waals surface area contributed by atoms with Crippen LogP contribution in [0.5, 0.6) is 0 Å². The average Bonchev–Trinajstić information content (AvgIpc) is 3.26. The molecule has 178 valence electrons. The van der Waals surface area contributed by atoms with Crippen LogP contribution in [-0.4, -0.2) is 34.0 Å². The van der Waals surface area contributed by atoms with Crippen LogP contribution in [0.3, 0.4) is 0 Å². The number of aromatic nitrogens is 2. The minimum atomic E-state index is -0.951. The lowest BCUT2D eigenvalue weighted by molar-refractivity contribution is -0.146. The molecule has 0 saturated heterocycles. The van der Waals surface area contributed by atoms with Crippen LogP contribution in [0.25, 0.3) is 11.5 Å². The maximum atomic E-state index is 12.6. The number of nitrogens with one attached hydrogen (secondary N) is 1. The highest BCUT2D eigenvalue weighted by Gasteiger charge is 2.22. The molecular formula is C26H29N3O5. The number of carbonyl (C=O) groups excluding carboxylic acids is 3. The summed E-state index contributed by atoms with van der Waals surface area (Å²) < 4.78 is 10.9. The van der Waals surface area contributed by atoms with E-state index < -0.39 is 17.5 Å². The number of nitrogens with zero attached hydrogens (tertiary/aromatic N) is 2. The second kappa shape index (κ2) is 10.4. The van der Waals surface area contributed by atoms with Gasteiger partial charge in [-0.25, -0.2) is 0 Å². The van der Waals surface area contributed by atoms with Gasteiger partial charge in [-0.1, -0.05) is 38.5 Å². The lowest BCUT2D eigenvalue weighted by Crippen LogP contribution is -2.27. The van der Waals surface area contributed by atoms with E-state index in [1.54, 1.807) is 24.3 Å². The summed E-state index contributed by atoms with van der Waals surface area (Å²) in [6.45, 7) is 8.97. The van der Waals surface area contributed by atoms with E-state index in [1.807, 2.05) is 52.0 Å². The third-order valence-electron chi connectivity index (χ3n) is 5.09. The van der Waals surface area contributed by atoms with Gasteiger partial charge in [-0.2, -0.15) is 0 Å². The number of ether oxygens (including phenoxy) is 1. The number of carbonyl (C=O) groups is 3. The number of rotatable bonds is 8. The number of anilines is 1. The van der Waals surface area contributed by atoms with Gasteiger partial charge in [0.2, 0.25) is 23.5 Å². The highest BCUT2D eigenvalue weighted by molar-refractivity contribution is 6.01. The van der Waals surface area contributed by atoms with Crippen molar-refractivity contribution in [2.75, 3.05) is 5.32 Å². The number of ketones is 1. The predicted octanol–water partition coefficient (Wildman–Crippen LogP) is 4.78. The Morgan fingerprint density at radius 3 is 2.26 bits per heavy atom. The summed E-state index contributed by atoms with van der Waals surface area (Å²) in [7, 11) is 0. The average molecular weight is 464 g/mol. The first-order valence-corrected chi connectivity index (χ1v) is 11.1. The zero-order chi connectivity index (χ0) is 24.9. The topological polar surface area (TPSA) is 111 Å². The minimum absolute atomic E-state index is 0.00488. The van der Waals surface area contributed by atoms with E-state index in [0.29, 0.717) is 23.0 Å². The molecule has 0 aliphatic rings. The van der Waals surface area contributed by atoms with E-state index in [9.17, 15) is 14.4 Å². The summed E-state index contributed by atoms with van der Waals surface area (Å²) in [5.41, 5.74) is 2.37. The van der Waals surface area contributed by atoms with Crippen molar-refractivity contribution in [3.8, 4) is 11.5 Å². The van der Waals surface area contributed by atoms with E-state index in [1.165, 1.54) is 6.92 Å². The number of aryl methyl sites for hydroxylation is 2. The van der Waals surface area contributed by atoms with Gasteiger partial charge in [0.05, 0.1) is 6.42 Å². The van der Waals surface area contributed by atoms with Crippen molar-refractivity contribution in [1.82, 2.24) is 10.2 Å². The van der Waals surface area contributed by atoms with Gasteiger partial charge in [0.25, 0.3) is 0 Å². The minimum Gasteiger partial charge on any atom is -0.454 e. The summed E-state index contributed by atoms with van der Waals surface area (Å²) in [4.78, 5) is 36.9. The molecule has 0 radical (unpaired) electrons. The highest BCUT2D eigenvalue weighted by Crippen LogP contribution is 2.20. The van der Waals surface area contributed by atoms with Crippen LogP contribution in [0.1, 0.15) is 55.9 Å². The first-order valence-electron chi connectivity index (χ1n) is 11.1. The van der Waals surface area contributed by atoms with Crippen LogP contribution < -0.4 is 5.32 Å². The molecule has 2 aromatic carbocycles. The van der Waals surface area contributed by atoms with Gasteiger partial charge < -0.3 is 14.5 Å². The summed E-state index contributed by atoms with van der Waals surface area (Å²) >= 11 is 0. The third-order valence-corrected chi connectivity index (χ3v) is 5.09. The fourth-order valence-corrected chi connectivity index (χ4v) is 2.96. The second-order valence-electron chi connectivity index (χ2n) is 9.14. The molecule has 1 amide bonds. The highest BCUT2D eigenvalue weighted by atomic mass is 16.5. The molecule has 0 aliphatic carbocycles. The zero-order valence-electron chi connectivity index (χ0n) is 20.0. The Bertz CT molecular complexity index is 1160. The van der Waals surface area contributed by atoms with Crippen molar-refractivity contribution in [3.63, 3.8) is 0 Å². The van der Waals surface area contributed by atoms with Gasteiger partial charge in [0, 0.05) is 28.7 Å². The van der Waals surface area contributed by atoms with Crippen LogP contribution >= 0.6 is 0 Å². The summed E-state index contributed by atoms with van der Waals surface area (Å²) in [5.74, 6) is -0.291. The Kier molecular flexibility index (Phi) is 7.61. The molecule has 0 fully saturated rings. The maximum Gasteiger partial charge on any atom is 0.307 e. The molecule has 0 saturated carbocycles. The monoisotopic (exact) mass is 463 g/mol. The number of hydrogen-bond acceptors (Lipinski definition) is 7. The van der Waals surface area contributed by atoms with Crippen molar-refractivity contribution < 1.29 is 23.5 Å². The second-order valence-corrected chi connectivity index (χ2v) is 9.14. The zero-order valence-corrected chi connectivity index (χ0v) is 20.0. The maximum absolute atomic E-state index is 12.6. The Morgan fingerprint density at radius 2 is 1.65 bits per heavy atom. The van der Waals surface area contributed by atoms with Crippen LogP contribution in [0.2, 0.25) is 0 Å². The van der Waals surface area contributed by atoms with Gasteiger partial charge in [0.1, 0.15) is 0 Å². The molecule has 1 aromatic heterocycles. The predicted molar refractivity (Wildman–Crippen MR) is 127 cm³/mol. The largest absolute Gasteiger partial charge is 0.454 e. The van der Waals surface area contributed by atoms with E-state index in [4.69, 9.17) is 9.15 Å². The van der Waals surface area contributed by atoms with Gasteiger partial charge in [-0.3, -0.25) is 14.4 Å². The van der Waals surface area contributed by atoms with Crippen LogP contribution in [0.4, 0.5) is 5.69 Å². The number of benzene rings is 2. The standard InChI is InChI=1S/C26H29N3O5/c1-16-6-8-19(9-7-16)24-29-28-21(34-24)14-15-22(30)33-17(2)23(31)18-10-12-20(13-11-18)27-25(32)26(3,4)5/h6-13,17H,14-15H2,1-5H3,(H,27,32). The number of amides is 1. The first kappa shape index (κ1) is 24.8. The Balaban J connectivity index is 1.50. The van der Waals surface area contributed by atoms with Gasteiger partial charge in [0.15, 0.2) is 6.10 Å². The van der Waals surface area contributed by atoms with Crippen LogP contribution in [0, 0.1) is 12.3 Å². The lowest BCUT2D eigenvalue weighted by atomic mass is 9.95. The normalized spacial score (nSPS) is 12.1. The van der Waals surface area contributed by atoms with Crippen LogP contribution in [-0.2, 0) is 20.7 Å². The molecule has 0 aliphatic heterocycles. The summed E-state index contributed by atoms with van der Waals surface area (Å²) in [6.07, 6.45) is -0.737. The third kappa shape index (κ3) is 6.60. The van der Waals surface area contributed by atoms with E-state index in [0.717, 1.165) is 11.1 Å². The molecule has 1 N–H and O–H groups in total. The van der Waals surface area contributed by atoms with Crippen molar-refractivity contribution in [3.05, 3.63) is 65.5 Å². The van der Waals surface area contributed by atoms with Crippen LogP contribution in [0.15, 0.2) is 52.9 Å². The van der Waals surface area contributed by atoms with E-state index in [-0.39, 0.29) is 24.5 Å². The molecule has 1 heterocycles. The van der Waals surface area contributed by atoms with Crippen molar-refractivity contribution in [2.24, 2.45) is 5.41 Å². The SMILES string of the molecule is Cc1ccc(-c2nnc(CCC(=O)OC(C)C(=O)c3ccc(NC(=O)C(C)(C)C)cc3)o2)cc1. The van der Waals surface area contributed by atoms with E-state index >= 15 is 0 Å². The molecule has 1 atom stereocenters. The molecular weight excluding hydrogens is 434 g/mol. The number of esters is 1. The molecule has 8 heteroatoms. The molecule has 3 aromatic rings. The van der Waals surface area contributed by atoms with Crippen molar-refractivity contribution >= 4 is 23.3 Å². The molecule has 3 rings (SSSR count). The Labute approximate surface area is 198 Å².